The molecule has 27 heavy (non-hydrogen) atoms. The van der Waals surface area contributed by atoms with Crippen LogP contribution < -0.4 is 14.8 Å². The summed E-state index contributed by atoms with van der Waals surface area (Å²) in [5.41, 5.74) is -0.0238. The largest absolute Gasteiger partial charge is 0.497 e. The molecule has 1 heterocycles. The molecule has 1 aromatic carbocycles. The molecule has 1 saturated heterocycles. The van der Waals surface area contributed by atoms with Crippen LogP contribution in [0.1, 0.15) is 33.6 Å². The van der Waals surface area contributed by atoms with Crippen LogP contribution in [-0.2, 0) is 14.8 Å². The number of piperidine rings is 1. The Bertz CT molecular complexity index is 771. The van der Waals surface area contributed by atoms with Gasteiger partial charge in [0.15, 0.2) is 0 Å². The van der Waals surface area contributed by atoms with Crippen molar-refractivity contribution in [2.75, 3.05) is 33.9 Å². The quantitative estimate of drug-likeness (QED) is 0.795. The zero-order valence-electron chi connectivity index (χ0n) is 16.7. The molecule has 1 fully saturated rings. The molecule has 1 aliphatic rings. The zero-order valence-corrected chi connectivity index (χ0v) is 17.6. The van der Waals surface area contributed by atoms with E-state index >= 15 is 0 Å². The fourth-order valence-electron chi connectivity index (χ4n) is 3.00. The number of amides is 1. The molecule has 1 aromatic rings. The number of sulfonamides is 1. The van der Waals surface area contributed by atoms with Crippen LogP contribution in [0.2, 0.25) is 0 Å². The highest BCUT2D eigenvalue weighted by atomic mass is 32.2. The van der Waals surface area contributed by atoms with Crippen molar-refractivity contribution in [2.24, 2.45) is 11.3 Å². The van der Waals surface area contributed by atoms with Gasteiger partial charge in [-0.05, 0) is 30.4 Å². The molecule has 0 bridgehead atoms. The van der Waals surface area contributed by atoms with Gasteiger partial charge in [-0.15, -0.1) is 0 Å². The van der Waals surface area contributed by atoms with Gasteiger partial charge in [-0.3, -0.25) is 4.79 Å². The summed E-state index contributed by atoms with van der Waals surface area (Å²) in [6.45, 7) is 7.23. The summed E-state index contributed by atoms with van der Waals surface area (Å²) in [4.78, 5) is 12.6. The van der Waals surface area contributed by atoms with Crippen molar-refractivity contribution in [3.63, 3.8) is 0 Å². The number of carbonyl (C=O) groups excluding carboxylic acids is 1. The maximum Gasteiger partial charge on any atom is 0.246 e. The second kappa shape index (κ2) is 8.48. The highest BCUT2D eigenvalue weighted by molar-refractivity contribution is 7.89. The second-order valence-corrected chi connectivity index (χ2v) is 9.90. The van der Waals surface area contributed by atoms with Gasteiger partial charge in [0.1, 0.15) is 16.4 Å². The van der Waals surface area contributed by atoms with E-state index in [4.69, 9.17) is 9.47 Å². The van der Waals surface area contributed by atoms with Crippen molar-refractivity contribution in [2.45, 2.75) is 38.5 Å². The van der Waals surface area contributed by atoms with Crippen LogP contribution in [0.4, 0.5) is 0 Å². The van der Waals surface area contributed by atoms with Crippen LogP contribution in [0.15, 0.2) is 23.1 Å². The van der Waals surface area contributed by atoms with E-state index in [0.717, 1.165) is 0 Å². The maximum absolute atomic E-state index is 13.2. The number of hydrogen-bond acceptors (Lipinski definition) is 5. The smallest absolute Gasteiger partial charge is 0.246 e. The molecule has 1 N–H and O–H groups in total. The summed E-state index contributed by atoms with van der Waals surface area (Å²) >= 11 is 0. The first-order chi connectivity index (χ1) is 12.6. The van der Waals surface area contributed by atoms with Gasteiger partial charge < -0.3 is 14.8 Å². The predicted octanol–water partition coefficient (Wildman–Crippen LogP) is 2.27. The first-order valence-electron chi connectivity index (χ1n) is 9.08. The Morgan fingerprint density at radius 3 is 2.56 bits per heavy atom. The van der Waals surface area contributed by atoms with Gasteiger partial charge in [0.2, 0.25) is 15.9 Å². The molecule has 0 saturated carbocycles. The molecule has 152 valence electrons. The van der Waals surface area contributed by atoms with Gasteiger partial charge in [0.05, 0.1) is 20.1 Å². The molecular formula is C19H30N2O5S. The summed E-state index contributed by atoms with van der Waals surface area (Å²) < 4.78 is 38.1. The average molecular weight is 399 g/mol. The molecule has 0 aromatic heterocycles. The average Bonchev–Trinajstić information content (AvgIpc) is 2.65. The van der Waals surface area contributed by atoms with E-state index in [1.54, 1.807) is 12.1 Å². The van der Waals surface area contributed by atoms with Gasteiger partial charge in [-0.2, -0.15) is 4.31 Å². The van der Waals surface area contributed by atoms with Crippen LogP contribution in [0, 0.1) is 11.3 Å². The number of nitrogens with one attached hydrogen (secondary N) is 1. The topological polar surface area (TPSA) is 84.9 Å². The third-order valence-corrected chi connectivity index (χ3v) is 6.42. The molecule has 1 aliphatic heterocycles. The molecule has 0 unspecified atom stereocenters. The van der Waals surface area contributed by atoms with Crippen LogP contribution >= 0.6 is 0 Å². The molecule has 0 radical (unpaired) electrons. The Labute approximate surface area is 162 Å². The van der Waals surface area contributed by atoms with Crippen LogP contribution in [0.5, 0.6) is 11.5 Å². The summed E-state index contributed by atoms with van der Waals surface area (Å²) in [5, 5.41) is 2.94. The highest BCUT2D eigenvalue weighted by Gasteiger charge is 2.35. The number of ether oxygens (including phenoxy) is 2. The predicted molar refractivity (Wildman–Crippen MR) is 103 cm³/mol. The zero-order chi connectivity index (χ0) is 20.2. The fourth-order valence-corrected chi connectivity index (χ4v) is 4.69. The summed E-state index contributed by atoms with van der Waals surface area (Å²) in [7, 11) is -0.888. The molecule has 0 aliphatic carbocycles. The van der Waals surface area contributed by atoms with Gasteiger partial charge in [-0.1, -0.05) is 20.8 Å². The molecule has 8 heteroatoms. The van der Waals surface area contributed by atoms with Crippen molar-refractivity contribution >= 4 is 15.9 Å². The lowest BCUT2D eigenvalue weighted by atomic mass is 9.95. The lowest BCUT2D eigenvalue weighted by Gasteiger charge is -2.32. The molecular weight excluding hydrogens is 368 g/mol. The Balaban J connectivity index is 2.20. The van der Waals surface area contributed by atoms with Gasteiger partial charge in [0.25, 0.3) is 0 Å². The first kappa shape index (κ1) is 21.5. The van der Waals surface area contributed by atoms with Crippen LogP contribution in [0.3, 0.4) is 0 Å². The van der Waals surface area contributed by atoms with Gasteiger partial charge >= 0.3 is 0 Å². The first-order valence-corrected chi connectivity index (χ1v) is 10.5. The fraction of sp³-hybridized carbons (Fsp3) is 0.632. The lowest BCUT2D eigenvalue weighted by molar-refractivity contribution is -0.126. The van der Waals surface area contributed by atoms with E-state index in [1.165, 1.54) is 24.6 Å². The number of nitrogens with zero attached hydrogens (tertiary/aromatic N) is 1. The molecule has 1 atom stereocenters. The van der Waals surface area contributed by atoms with E-state index in [2.05, 4.69) is 5.32 Å². The Morgan fingerprint density at radius 2 is 1.96 bits per heavy atom. The standard InChI is InChI=1S/C19H30N2O5S/c1-19(2,3)13-20-18(22)14-7-6-10-21(12-14)27(23,24)17-11-15(25-4)8-9-16(17)26-5/h8-9,11,14H,6-7,10,12-13H2,1-5H3,(H,20,22)/t14-/m1/s1. The number of methoxy groups -OCH3 is 2. The van der Waals surface area contributed by atoms with E-state index in [0.29, 0.717) is 31.7 Å². The minimum Gasteiger partial charge on any atom is -0.497 e. The second-order valence-electron chi connectivity index (χ2n) is 8.00. The van der Waals surface area contributed by atoms with Crippen LogP contribution in [-0.4, -0.2) is 52.5 Å². The molecule has 2 rings (SSSR count). The third-order valence-electron chi connectivity index (χ3n) is 4.54. The SMILES string of the molecule is COc1ccc(OC)c(S(=O)(=O)N2CCC[C@@H](C(=O)NCC(C)(C)C)C2)c1. The maximum atomic E-state index is 13.2. The lowest BCUT2D eigenvalue weighted by Crippen LogP contribution is -2.46. The molecule has 0 spiro atoms. The van der Waals surface area contributed by atoms with Crippen molar-refractivity contribution < 1.29 is 22.7 Å². The number of rotatable bonds is 6. The summed E-state index contributed by atoms with van der Waals surface area (Å²) in [6.07, 6.45) is 1.32. The monoisotopic (exact) mass is 398 g/mol. The van der Waals surface area contributed by atoms with E-state index < -0.39 is 10.0 Å². The Hall–Kier alpha value is -1.80. The number of benzene rings is 1. The molecule has 7 nitrogen and oxygen atoms in total. The molecule has 1 amide bonds. The summed E-state index contributed by atoms with van der Waals surface area (Å²) in [5.74, 6) is 0.246. The van der Waals surface area contributed by atoms with Crippen molar-refractivity contribution in [1.82, 2.24) is 9.62 Å². The number of hydrogen-bond donors (Lipinski definition) is 1. The number of carbonyl (C=O) groups is 1. The summed E-state index contributed by atoms with van der Waals surface area (Å²) in [6, 6.07) is 4.68. The Morgan fingerprint density at radius 1 is 1.26 bits per heavy atom. The van der Waals surface area contributed by atoms with E-state index in [1.807, 2.05) is 20.8 Å². The highest BCUT2D eigenvalue weighted by Crippen LogP contribution is 2.32. The van der Waals surface area contributed by atoms with Crippen molar-refractivity contribution in [1.29, 1.82) is 0 Å². The minimum absolute atomic E-state index is 0.0238. The van der Waals surface area contributed by atoms with Crippen LogP contribution in [0.25, 0.3) is 0 Å². The van der Waals surface area contributed by atoms with E-state index in [-0.39, 0.29) is 34.4 Å². The van der Waals surface area contributed by atoms with Gasteiger partial charge in [-0.25, -0.2) is 8.42 Å². The van der Waals surface area contributed by atoms with Gasteiger partial charge in [0, 0.05) is 25.7 Å². The van der Waals surface area contributed by atoms with Crippen molar-refractivity contribution in [3.8, 4) is 11.5 Å². The van der Waals surface area contributed by atoms with Crippen molar-refractivity contribution in [3.05, 3.63) is 18.2 Å². The minimum atomic E-state index is -3.80. The van der Waals surface area contributed by atoms with E-state index in [9.17, 15) is 13.2 Å². The Kier molecular flexibility index (Phi) is 6.75. The third kappa shape index (κ3) is 5.35. The normalized spacial score (nSPS) is 18.8.